The van der Waals surface area contributed by atoms with Gasteiger partial charge in [-0.3, -0.25) is 0 Å². The zero-order valence-electron chi connectivity index (χ0n) is 10.6. The Morgan fingerprint density at radius 1 is 1.35 bits per heavy atom. The molecule has 2 heterocycles. The van der Waals surface area contributed by atoms with Gasteiger partial charge in [0.25, 0.3) is 0 Å². The first kappa shape index (κ1) is 12.7. The Kier molecular flexibility index (Phi) is 3.89. The third-order valence-corrected chi connectivity index (χ3v) is 3.21. The van der Waals surface area contributed by atoms with Gasteiger partial charge in [-0.1, -0.05) is 0 Å². The van der Waals surface area contributed by atoms with Crippen molar-refractivity contribution in [3.8, 4) is 0 Å². The van der Waals surface area contributed by atoms with Crippen LogP contribution in [0, 0.1) is 6.92 Å². The molecule has 0 spiro atoms. The summed E-state index contributed by atoms with van der Waals surface area (Å²) in [7, 11) is 0. The minimum Gasteiger partial charge on any atom is -0.372 e. The summed E-state index contributed by atoms with van der Waals surface area (Å²) in [4.78, 5) is 6.87. The van der Waals surface area contributed by atoms with Crippen molar-refractivity contribution in [3.63, 3.8) is 0 Å². The molecule has 0 amide bonds. The molecule has 2 rings (SSSR count). The molecule has 1 aromatic heterocycles. The number of hydrogen-bond donors (Lipinski definition) is 0. The Hall–Kier alpha value is -0.800. The molecular formula is C13H19ClN2O. The van der Waals surface area contributed by atoms with Crippen LogP contribution in [0.2, 0.25) is 0 Å². The van der Waals surface area contributed by atoms with E-state index in [2.05, 4.69) is 29.8 Å². The lowest BCUT2D eigenvalue weighted by molar-refractivity contribution is -0.00547. The summed E-state index contributed by atoms with van der Waals surface area (Å²) < 4.78 is 5.73. The van der Waals surface area contributed by atoms with Crippen LogP contribution in [0.15, 0.2) is 12.1 Å². The molecule has 0 unspecified atom stereocenters. The minimum absolute atomic E-state index is 0.250. The molecule has 0 saturated carbocycles. The van der Waals surface area contributed by atoms with Gasteiger partial charge in [0.1, 0.15) is 5.82 Å². The van der Waals surface area contributed by atoms with Crippen LogP contribution >= 0.6 is 11.6 Å². The highest BCUT2D eigenvalue weighted by molar-refractivity contribution is 6.17. The predicted molar refractivity (Wildman–Crippen MR) is 70.8 cm³/mol. The Balaban J connectivity index is 2.23. The van der Waals surface area contributed by atoms with Gasteiger partial charge in [-0.05, 0) is 38.5 Å². The smallest absolute Gasteiger partial charge is 0.129 e. The number of hydrogen-bond acceptors (Lipinski definition) is 3. The standard InChI is InChI=1S/C13H19ClN2O/c1-9-4-12(6-14)5-13(15-9)16-7-10(2)17-11(3)8-16/h4-5,10-11H,6-8H2,1-3H3/t10-,11+. The lowest BCUT2D eigenvalue weighted by atomic mass is 10.2. The lowest BCUT2D eigenvalue weighted by Crippen LogP contribution is -2.45. The molecule has 0 bridgehead atoms. The Morgan fingerprint density at radius 2 is 2.00 bits per heavy atom. The zero-order chi connectivity index (χ0) is 12.4. The van der Waals surface area contributed by atoms with Crippen LogP contribution in [0.5, 0.6) is 0 Å². The van der Waals surface area contributed by atoms with Gasteiger partial charge in [-0.25, -0.2) is 4.98 Å². The van der Waals surface area contributed by atoms with Crippen LogP contribution in [0.3, 0.4) is 0 Å². The van der Waals surface area contributed by atoms with E-state index in [1.807, 2.05) is 13.0 Å². The number of morpholine rings is 1. The van der Waals surface area contributed by atoms with E-state index in [-0.39, 0.29) is 12.2 Å². The second-order valence-corrected chi connectivity index (χ2v) is 5.04. The normalized spacial score (nSPS) is 25.1. The van der Waals surface area contributed by atoms with Crippen molar-refractivity contribution >= 4 is 17.4 Å². The Bertz CT molecular complexity index is 387. The molecule has 1 aliphatic rings. The second-order valence-electron chi connectivity index (χ2n) is 4.77. The SMILES string of the molecule is Cc1cc(CCl)cc(N2C[C@@H](C)O[C@@H](C)C2)n1. The fourth-order valence-corrected chi connectivity index (χ4v) is 2.48. The van der Waals surface area contributed by atoms with Gasteiger partial charge in [0, 0.05) is 24.7 Å². The van der Waals surface area contributed by atoms with Crippen LogP contribution < -0.4 is 4.90 Å². The van der Waals surface area contributed by atoms with Gasteiger partial charge in [0.15, 0.2) is 0 Å². The van der Waals surface area contributed by atoms with Crippen molar-refractivity contribution in [2.75, 3.05) is 18.0 Å². The maximum atomic E-state index is 5.90. The van der Waals surface area contributed by atoms with E-state index in [0.29, 0.717) is 5.88 Å². The van der Waals surface area contributed by atoms with Crippen molar-refractivity contribution < 1.29 is 4.74 Å². The van der Waals surface area contributed by atoms with Crippen molar-refractivity contribution in [1.82, 2.24) is 4.98 Å². The summed E-state index contributed by atoms with van der Waals surface area (Å²) in [6, 6.07) is 4.11. The number of ether oxygens (including phenoxy) is 1. The summed E-state index contributed by atoms with van der Waals surface area (Å²) >= 11 is 5.90. The topological polar surface area (TPSA) is 25.4 Å². The van der Waals surface area contributed by atoms with E-state index >= 15 is 0 Å². The van der Waals surface area contributed by atoms with Crippen LogP contribution in [-0.4, -0.2) is 30.3 Å². The van der Waals surface area contributed by atoms with Gasteiger partial charge < -0.3 is 9.64 Å². The molecule has 17 heavy (non-hydrogen) atoms. The highest BCUT2D eigenvalue weighted by Gasteiger charge is 2.23. The first-order chi connectivity index (χ1) is 8.08. The van der Waals surface area contributed by atoms with Crippen molar-refractivity contribution in [3.05, 3.63) is 23.4 Å². The molecule has 1 fully saturated rings. The van der Waals surface area contributed by atoms with E-state index in [0.717, 1.165) is 30.2 Å². The number of anilines is 1. The average molecular weight is 255 g/mol. The van der Waals surface area contributed by atoms with E-state index in [1.54, 1.807) is 0 Å². The fourth-order valence-electron chi connectivity index (χ4n) is 2.33. The van der Waals surface area contributed by atoms with Gasteiger partial charge in [0.2, 0.25) is 0 Å². The second kappa shape index (κ2) is 5.23. The van der Waals surface area contributed by atoms with Gasteiger partial charge >= 0.3 is 0 Å². The zero-order valence-corrected chi connectivity index (χ0v) is 11.4. The molecular weight excluding hydrogens is 236 g/mol. The van der Waals surface area contributed by atoms with Crippen LogP contribution in [0.25, 0.3) is 0 Å². The first-order valence-corrected chi connectivity index (χ1v) is 6.56. The maximum Gasteiger partial charge on any atom is 0.129 e. The third kappa shape index (κ3) is 3.11. The number of aromatic nitrogens is 1. The predicted octanol–water partition coefficient (Wildman–Crippen LogP) is 2.74. The quantitative estimate of drug-likeness (QED) is 0.759. The lowest BCUT2D eigenvalue weighted by Gasteiger charge is -2.36. The number of halogens is 1. The molecule has 3 nitrogen and oxygen atoms in total. The largest absolute Gasteiger partial charge is 0.372 e. The molecule has 1 aliphatic heterocycles. The Labute approximate surface area is 108 Å². The highest BCUT2D eigenvalue weighted by Crippen LogP contribution is 2.21. The van der Waals surface area contributed by atoms with Gasteiger partial charge in [-0.15, -0.1) is 11.6 Å². The molecule has 4 heteroatoms. The number of pyridine rings is 1. The van der Waals surface area contributed by atoms with Crippen molar-refractivity contribution in [2.24, 2.45) is 0 Å². The monoisotopic (exact) mass is 254 g/mol. The van der Waals surface area contributed by atoms with Crippen LogP contribution in [0.1, 0.15) is 25.1 Å². The number of aryl methyl sites for hydroxylation is 1. The molecule has 1 saturated heterocycles. The third-order valence-electron chi connectivity index (χ3n) is 2.90. The van der Waals surface area contributed by atoms with Crippen molar-refractivity contribution in [1.29, 1.82) is 0 Å². The minimum atomic E-state index is 0.250. The molecule has 1 aromatic rings. The maximum absolute atomic E-state index is 5.90. The Morgan fingerprint density at radius 3 is 2.59 bits per heavy atom. The molecule has 0 aliphatic carbocycles. The number of rotatable bonds is 2. The molecule has 0 aromatic carbocycles. The fraction of sp³-hybridized carbons (Fsp3) is 0.615. The molecule has 2 atom stereocenters. The van der Waals surface area contributed by atoms with E-state index in [9.17, 15) is 0 Å². The van der Waals surface area contributed by atoms with E-state index in [1.165, 1.54) is 0 Å². The highest BCUT2D eigenvalue weighted by atomic mass is 35.5. The molecule has 94 valence electrons. The van der Waals surface area contributed by atoms with E-state index < -0.39 is 0 Å². The van der Waals surface area contributed by atoms with E-state index in [4.69, 9.17) is 16.3 Å². The van der Waals surface area contributed by atoms with Gasteiger partial charge in [0.05, 0.1) is 12.2 Å². The first-order valence-electron chi connectivity index (χ1n) is 6.02. The molecule has 0 radical (unpaired) electrons. The summed E-state index contributed by atoms with van der Waals surface area (Å²) in [6.07, 6.45) is 0.501. The summed E-state index contributed by atoms with van der Waals surface area (Å²) in [6.45, 7) is 7.99. The summed E-state index contributed by atoms with van der Waals surface area (Å²) in [5.41, 5.74) is 2.14. The van der Waals surface area contributed by atoms with Crippen molar-refractivity contribution in [2.45, 2.75) is 38.9 Å². The summed E-state index contributed by atoms with van der Waals surface area (Å²) in [5.74, 6) is 1.55. The van der Waals surface area contributed by atoms with Crippen LogP contribution in [0.4, 0.5) is 5.82 Å². The number of alkyl halides is 1. The molecule has 0 N–H and O–H groups in total. The van der Waals surface area contributed by atoms with Gasteiger partial charge in [-0.2, -0.15) is 0 Å². The van der Waals surface area contributed by atoms with Crippen LogP contribution in [-0.2, 0) is 10.6 Å². The number of nitrogens with zero attached hydrogens (tertiary/aromatic N) is 2. The average Bonchev–Trinajstić information content (AvgIpc) is 2.26. The summed E-state index contributed by atoms with van der Waals surface area (Å²) in [5, 5.41) is 0.